The zero-order chi connectivity index (χ0) is 14.9. The molecule has 2 rings (SSSR count). The van der Waals surface area contributed by atoms with Crippen LogP contribution in [0.5, 0.6) is 0 Å². The number of aromatic nitrogens is 1. The van der Waals surface area contributed by atoms with E-state index in [1.165, 1.54) is 0 Å². The summed E-state index contributed by atoms with van der Waals surface area (Å²) in [5.41, 5.74) is 2.46. The van der Waals surface area contributed by atoms with Crippen LogP contribution < -0.4 is 10.6 Å². The van der Waals surface area contributed by atoms with Crippen molar-refractivity contribution < 1.29 is 4.79 Å². The number of hydrogen-bond acceptors (Lipinski definition) is 3. The molecule has 21 heavy (non-hydrogen) atoms. The van der Waals surface area contributed by atoms with Gasteiger partial charge in [0.25, 0.3) is 5.91 Å². The second kappa shape index (κ2) is 8.04. The number of hydrogen-bond donors (Lipinski definition) is 2. The van der Waals surface area contributed by atoms with Gasteiger partial charge in [-0.3, -0.25) is 4.79 Å². The van der Waals surface area contributed by atoms with Gasteiger partial charge in [0.2, 0.25) is 0 Å². The summed E-state index contributed by atoms with van der Waals surface area (Å²) in [5, 5.41) is 6.14. The first kappa shape index (κ1) is 15.0. The Morgan fingerprint density at radius 3 is 2.62 bits per heavy atom. The van der Waals surface area contributed by atoms with Crippen LogP contribution in [0.15, 0.2) is 48.7 Å². The van der Waals surface area contributed by atoms with Crippen LogP contribution in [-0.2, 0) is 6.54 Å². The van der Waals surface area contributed by atoms with Gasteiger partial charge in [0.05, 0.1) is 11.9 Å². The van der Waals surface area contributed by atoms with E-state index in [1.807, 2.05) is 36.4 Å². The Balaban J connectivity index is 1.85. The Labute approximate surface area is 125 Å². The van der Waals surface area contributed by atoms with E-state index in [-0.39, 0.29) is 5.91 Å². The number of carbonyl (C=O) groups excluding carboxylic acids is 1. The first-order chi connectivity index (χ1) is 10.3. The number of benzene rings is 1. The van der Waals surface area contributed by atoms with Gasteiger partial charge in [-0.1, -0.05) is 43.7 Å². The SMILES string of the molecule is CCCCNc1ccc(C(=O)NCc2ccccc2)nc1. The van der Waals surface area contributed by atoms with Crippen molar-refractivity contribution >= 4 is 11.6 Å². The highest BCUT2D eigenvalue weighted by molar-refractivity contribution is 5.92. The number of pyridine rings is 1. The molecule has 2 N–H and O–H groups in total. The number of rotatable bonds is 7. The van der Waals surface area contributed by atoms with Crippen molar-refractivity contribution in [2.45, 2.75) is 26.3 Å². The van der Waals surface area contributed by atoms with Crippen molar-refractivity contribution in [3.05, 3.63) is 59.9 Å². The summed E-state index contributed by atoms with van der Waals surface area (Å²) in [6.07, 6.45) is 3.98. The fourth-order valence-electron chi connectivity index (χ4n) is 1.91. The Morgan fingerprint density at radius 1 is 1.14 bits per heavy atom. The van der Waals surface area contributed by atoms with Gasteiger partial charge in [0.15, 0.2) is 0 Å². The van der Waals surface area contributed by atoms with Crippen molar-refractivity contribution in [2.24, 2.45) is 0 Å². The lowest BCUT2D eigenvalue weighted by atomic mass is 10.2. The quantitative estimate of drug-likeness (QED) is 0.767. The summed E-state index contributed by atoms with van der Waals surface area (Å²) in [6.45, 7) is 3.59. The van der Waals surface area contributed by atoms with Crippen LogP contribution in [0.25, 0.3) is 0 Å². The van der Waals surface area contributed by atoms with E-state index in [0.717, 1.165) is 30.6 Å². The highest BCUT2D eigenvalue weighted by Gasteiger charge is 2.06. The van der Waals surface area contributed by atoms with Crippen LogP contribution in [0, 0.1) is 0 Å². The zero-order valence-electron chi connectivity index (χ0n) is 12.3. The average Bonchev–Trinajstić information content (AvgIpc) is 2.54. The molecular weight excluding hydrogens is 262 g/mol. The Hall–Kier alpha value is -2.36. The molecule has 0 aliphatic carbocycles. The molecule has 4 nitrogen and oxygen atoms in total. The van der Waals surface area contributed by atoms with Crippen LogP contribution in [0.1, 0.15) is 35.8 Å². The van der Waals surface area contributed by atoms with Crippen molar-refractivity contribution in [1.29, 1.82) is 0 Å². The van der Waals surface area contributed by atoms with E-state index in [9.17, 15) is 4.79 Å². The number of nitrogens with one attached hydrogen (secondary N) is 2. The third-order valence-corrected chi connectivity index (χ3v) is 3.15. The molecule has 0 spiro atoms. The minimum absolute atomic E-state index is 0.154. The normalized spacial score (nSPS) is 10.1. The molecule has 0 atom stereocenters. The summed E-state index contributed by atoms with van der Waals surface area (Å²) in [7, 11) is 0. The Morgan fingerprint density at radius 2 is 1.95 bits per heavy atom. The molecule has 2 aromatic rings. The maximum absolute atomic E-state index is 12.0. The molecule has 0 aliphatic heterocycles. The third-order valence-electron chi connectivity index (χ3n) is 3.15. The minimum atomic E-state index is -0.154. The molecule has 0 unspecified atom stereocenters. The summed E-state index contributed by atoms with van der Waals surface area (Å²) in [5.74, 6) is -0.154. The van der Waals surface area contributed by atoms with E-state index in [4.69, 9.17) is 0 Å². The lowest BCUT2D eigenvalue weighted by molar-refractivity contribution is 0.0946. The number of anilines is 1. The number of unbranched alkanes of at least 4 members (excludes halogenated alkanes) is 1. The molecule has 4 heteroatoms. The summed E-state index contributed by atoms with van der Waals surface area (Å²) < 4.78 is 0. The van der Waals surface area contributed by atoms with E-state index in [1.54, 1.807) is 12.3 Å². The average molecular weight is 283 g/mol. The van der Waals surface area contributed by atoms with Gasteiger partial charge < -0.3 is 10.6 Å². The molecule has 0 bridgehead atoms. The van der Waals surface area contributed by atoms with Gasteiger partial charge in [-0.2, -0.15) is 0 Å². The van der Waals surface area contributed by atoms with E-state index in [2.05, 4.69) is 22.5 Å². The second-order valence-corrected chi connectivity index (χ2v) is 4.88. The molecular formula is C17H21N3O. The number of carbonyl (C=O) groups is 1. The van der Waals surface area contributed by atoms with Gasteiger partial charge in [-0.25, -0.2) is 4.98 Å². The molecule has 0 fully saturated rings. The van der Waals surface area contributed by atoms with Gasteiger partial charge in [-0.15, -0.1) is 0 Å². The van der Waals surface area contributed by atoms with Crippen molar-refractivity contribution in [3.8, 4) is 0 Å². The van der Waals surface area contributed by atoms with E-state index in [0.29, 0.717) is 12.2 Å². The first-order valence-electron chi connectivity index (χ1n) is 7.31. The molecule has 110 valence electrons. The maximum Gasteiger partial charge on any atom is 0.270 e. The Kier molecular flexibility index (Phi) is 5.76. The van der Waals surface area contributed by atoms with E-state index < -0.39 is 0 Å². The third kappa shape index (κ3) is 4.91. The topological polar surface area (TPSA) is 54.0 Å². The van der Waals surface area contributed by atoms with E-state index >= 15 is 0 Å². The second-order valence-electron chi connectivity index (χ2n) is 4.88. The standard InChI is InChI=1S/C17H21N3O/c1-2-3-11-18-15-9-10-16(19-13-15)17(21)20-12-14-7-5-4-6-8-14/h4-10,13,18H,2-3,11-12H2,1H3,(H,20,21). The highest BCUT2D eigenvalue weighted by Crippen LogP contribution is 2.07. The smallest absolute Gasteiger partial charge is 0.270 e. The monoisotopic (exact) mass is 283 g/mol. The van der Waals surface area contributed by atoms with Crippen LogP contribution in [0.3, 0.4) is 0 Å². The maximum atomic E-state index is 12.0. The number of amides is 1. The highest BCUT2D eigenvalue weighted by atomic mass is 16.1. The van der Waals surface area contributed by atoms with Crippen molar-refractivity contribution in [1.82, 2.24) is 10.3 Å². The first-order valence-corrected chi connectivity index (χ1v) is 7.31. The van der Waals surface area contributed by atoms with Crippen LogP contribution in [0.4, 0.5) is 5.69 Å². The zero-order valence-corrected chi connectivity index (χ0v) is 12.3. The summed E-state index contributed by atoms with van der Waals surface area (Å²) in [6, 6.07) is 13.5. The molecule has 1 amide bonds. The van der Waals surface area contributed by atoms with Gasteiger partial charge in [0.1, 0.15) is 5.69 Å². The van der Waals surface area contributed by atoms with Crippen LogP contribution in [-0.4, -0.2) is 17.4 Å². The number of nitrogens with zero attached hydrogens (tertiary/aromatic N) is 1. The summed E-state index contributed by atoms with van der Waals surface area (Å²) in [4.78, 5) is 16.2. The Bertz CT molecular complexity index is 552. The van der Waals surface area contributed by atoms with Crippen LogP contribution in [0.2, 0.25) is 0 Å². The molecule has 1 heterocycles. The largest absolute Gasteiger partial charge is 0.384 e. The molecule has 0 saturated heterocycles. The van der Waals surface area contributed by atoms with Crippen molar-refractivity contribution in [3.63, 3.8) is 0 Å². The predicted octanol–water partition coefficient (Wildman–Crippen LogP) is 3.22. The molecule has 1 aromatic carbocycles. The predicted molar refractivity (Wildman–Crippen MR) is 85.2 cm³/mol. The lowest BCUT2D eigenvalue weighted by Gasteiger charge is -2.07. The van der Waals surface area contributed by atoms with Gasteiger partial charge in [0, 0.05) is 13.1 Å². The lowest BCUT2D eigenvalue weighted by Crippen LogP contribution is -2.23. The molecule has 0 radical (unpaired) electrons. The fourth-order valence-corrected chi connectivity index (χ4v) is 1.91. The minimum Gasteiger partial charge on any atom is -0.384 e. The fraction of sp³-hybridized carbons (Fsp3) is 0.294. The molecule has 0 aliphatic rings. The van der Waals surface area contributed by atoms with Gasteiger partial charge >= 0.3 is 0 Å². The molecule has 0 saturated carbocycles. The van der Waals surface area contributed by atoms with Crippen molar-refractivity contribution in [2.75, 3.05) is 11.9 Å². The van der Waals surface area contributed by atoms with Crippen LogP contribution >= 0.6 is 0 Å². The molecule has 1 aromatic heterocycles. The summed E-state index contributed by atoms with van der Waals surface area (Å²) >= 11 is 0. The van der Waals surface area contributed by atoms with Gasteiger partial charge in [-0.05, 0) is 24.1 Å².